The van der Waals surface area contributed by atoms with E-state index in [9.17, 15) is 9.90 Å². The Bertz CT molecular complexity index is 434. The van der Waals surface area contributed by atoms with Crippen molar-refractivity contribution in [2.75, 3.05) is 19.6 Å². The van der Waals surface area contributed by atoms with Crippen LogP contribution < -0.4 is 5.32 Å². The lowest BCUT2D eigenvalue weighted by molar-refractivity contribution is -0.142. The Hall–Kier alpha value is -1.46. The Labute approximate surface area is 113 Å². The number of carboxylic acids is 1. The number of rotatable bonds is 3. The predicted octanol–water partition coefficient (Wildman–Crippen LogP) is 0.966. The lowest BCUT2D eigenvalue weighted by Crippen LogP contribution is -2.46. The molecule has 0 aliphatic carbocycles. The Morgan fingerprint density at radius 3 is 2.84 bits per heavy atom. The molecule has 5 heteroatoms. The van der Waals surface area contributed by atoms with E-state index in [4.69, 9.17) is 0 Å². The van der Waals surface area contributed by atoms with Crippen LogP contribution in [0.3, 0.4) is 0 Å². The smallest absolute Gasteiger partial charge is 0.309 e. The minimum atomic E-state index is -0.732. The van der Waals surface area contributed by atoms with Crippen LogP contribution in [0.4, 0.5) is 0 Å². The van der Waals surface area contributed by atoms with Gasteiger partial charge in [-0.05, 0) is 31.5 Å². The number of hydrogen-bond acceptors (Lipinski definition) is 4. The number of carboxylic acid groups (broad SMARTS) is 1. The molecule has 1 atom stereocenters. The SMILES string of the molecule is CC1(C)CN(Cc2ccncc2)CC(C(=O)O)CN1. The van der Waals surface area contributed by atoms with E-state index < -0.39 is 5.97 Å². The van der Waals surface area contributed by atoms with Crippen molar-refractivity contribution in [1.82, 2.24) is 15.2 Å². The lowest BCUT2D eigenvalue weighted by Gasteiger charge is -2.30. The third-order valence-corrected chi connectivity index (χ3v) is 3.43. The molecular weight excluding hydrogens is 242 g/mol. The van der Waals surface area contributed by atoms with Crippen molar-refractivity contribution in [1.29, 1.82) is 0 Å². The molecule has 104 valence electrons. The number of aromatic nitrogens is 1. The van der Waals surface area contributed by atoms with Crippen LogP contribution >= 0.6 is 0 Å². The normalized spacial score (nSPS) is 23.8. The number of carbonyl (C=O) groups is 1. The fraction of sp³-hybridized carbons (Fsp3) is 0.571. The first-order valence-corrected chi connectivity index (χ1v) is 6.55. The summed E-state index contributed by atoms with van der Waals surface area (Å²) in [6.07, 6.45) is 3.54. The second-order valence-electron chi connectivity index (χ2n) is 5.83. The van der Waals surface area contributed by atoms with Crippen LogP contribution in [0.2, 0.25) is 0 Å². The van der Waals surface area contributed by atoms with E-state index in [1.165, 1.54) is 0 Å². The molecule has 2 N–H and O–H groups in total. The van der Waals surface area contributed by atoms with E-state index >= 15 is 0 Å². The number of nitrogens with one attached hydrogen (secondary N) is 1. The van der Waals surface area contributed by atoms with Gasteiger partial charge in [0, 0.05) is 44.1 Å². The topological polar surface area (TPSA) is 65.5 Å². The van der Waals surface area contributed by atoms with Gasteiger partial charge in [0.1, 0.15) is 0 Å². The van der Waals surface area contributed by atoms with Crippen LogP contribution in [0, 0.1) is 5.92 Å². The maximum Gasteiger partial charge on any atom is 0.309 e. The minimum Gasteiger partial charge on any atom is -0.481 e. The molecule has 1 unspecified atom stereocenters. The number of aliphatic carboxylic acids is 1. The van der Waals surface area contributed by atoms with E-state index in [2.05, 4.69) is 29.0 Å². The first kappa shape index (κ1) is 14.0. The molecule has 2 heterocycles. The van der Waals surface area contributed by atoms with Gasteiger partial charge >= 0.3 is 5.97 Å². The van der Waals surface area contributed by atoms with E-state index in [0.717, 1.165) is 18.7 Å². The van der Waals surface area contributed by atoms with Gasteiger partial charge in [0.2, 0.25) is 0 Å². The van der Waals surface area contributed by atoms with Crippen molar-refractivity contribution in [3.05, 3.63) is 30.1 Å². The van der Waals surface area contributed by atoms with Crippen molar-refractivity contribution in [2.24, 2.45) is 5.92 Å². The van der Waals surface area contributed by atoms with Crippen molar-refractivity contribution in [3.63, 3.8) is 0 Å². The van der Waals surface area contributed by atoms with Gasteiger partial charge in [-0.15, -0.1) is 0 Å². The summed E-state index contributed by atoms with van der Waals surface area (Å²) in [6.45, 7) is 6.91. The molecule has 0 saturated carbocycles. The summed E-state index contributed by atoms with van der Waals surface area (Å²) in [7, 11) is 0. The molecule has 0 aromatic carbocycles. The van der Waals surface area contributed by atoms with Gasteiger partial charge in [-0.25, -0.2) is 0 Å². The monoisotopic (exact) mass is 263 g/mol. The first-order chi connectivity index (χ1) is 8.96. The zero-order valence-electron chi connectivity index (χ0n) is 11.5. The summed E-state index contributed by atoms with van der Waals surface area (Å²) in [5.74, 6) is -1.09. The Balaban J connectivity index is 2.10. The molecule has 1 aliphatic rings. The molecule has 0 spiro atoms. The van der Waals surface area contributed by atoms with Crippen molar-refractivity contribution >= 4 is 5.97 Å². The van der Waals surface area contributed by atoms with Crippen LogP contribution in [0.25, 0.3) is 0 Å². The molecule has 0 radical (unpaired) electrons. The van der Waals surface area contributed by atoms with Crippen LogP contribution in [0.15, 0.2) is 24.5 Å². The van der Waals surface area contributed by atoms with Gasteiger partial charge in [0.25, 0.3) is 0 Å². The standard InChI is InChI=1S/C14H21N3O2/c1-14(2)10-17(8-11-3-5-15-6-4-11)9-12(7-16-14)13(18)19/h3-6,12,16H,7-10H2,1-2H3,(H,18,19). The first-order valence-electron chi connectivity index (χ1n) is 6.55. The van der Waals surface area contributed by atoms with Gasteiger partial charge in [-0.3, -0.25) is 14.7 Å². The number of pyridine rings is 1. The molecule has 5 nitrogen and oxygen atoms in total. The van der Waals surface area contributed by atoms with Crippen LogP contribution in [-0.4, -0.2) is 46.1 Å². The number of nitrogens with zero attached hydrogens (tertiary/aromatic N) is 2. The van der Waals surface area contributed by atoms with Gasteiger partial charge in [-0.2, -0.15) is 0 Å². The quantitative estimate of drug-likeness (QED) is 0.850. The van der Waals surface area contributed by atoms with Gasteiger partial charge in [-0.1, -0.05) is 0 Å². The highest BCUT2D eigenvalue weighted by Crippen LogP contribution is 2.16. The van der Waals surface area contributed by atoms with Crippen molar-refractivity contribution in [3.8, 4) is 0 Å². The highest BCUT2D eigenvalue weighted by Gasteiger charge is 2.31. The third kappa shape index (κ3) is 4.01. The molecule has 2 rings (SSSR count). The fourth-order valence-corrected chi connectivity index (χ4v) is 2.49. The molecule has 0 bridgehead atoms. The summed E-state index contributed by atoms with van der Waals surface area (Å²) < 4.78 is 0. The zero-order valence-corrected chi connectivity index (χ0v) is 11.5. The molecule has 1 aromatic heterocycles. The average molecular weight is 263 g/mol. The highest BCUT2D eigenvalue weighted by molar-refractivity contribution is 5.70. The van der Waals surface area contributed by atoms with Crippen LogP contribution in [0.5, 0.6) is 0 Å². The van der Waals surface area contributed by atoms with Crippen LogP contribution in [-0.2, 0) is 11.3 Å². The molecular formula is C14H21N3O2. The summed E-state index contributed by atoms with van der Waals surface area (Å²) in [5.41, 5.74) is 1.09. The lowest BCUT2D eigenvalue weighted by atomic mass is 10.1. The van der Waals surface area contributed by atoms with E-state index in [0.29, 0.717) is 13.1 Å². The Kier molecular flexibility index (Phi) is 4.17. The second-order valence-corrected chi connectivity index (χ2v) is 5.83. The average Bonchev–Trinajstić information content (AvgIpc) is 2.49. The van der Waals surface area contributed by atoms with Gasteiger partial charge in [0.05, 0.1) is 5.92 Å². The summed E-state index contributed by atoms with van der Waals surface area (Å²) in [4.78, 5) is 17.4. The third-order valence-electron chi connectivity index (χ3n) is 3.43. The maximum atomic E-state index is 11.2. The largest absolute Gasteiger partial charge is 0.481 e. The van der Waals surface area contributed by atoms with Crippen molar-refractivity contribution in [2.45, 2.75) is 25.9 Å². The van der Waals surface area contributed by atoms with Crippen LogP contribution in [0.1, 0.15) is 19.4 Å². The highest BCUT2D eigenvalue weighted by atomic mass is 16.4. The van der Waals surface area contributed by atoms with Gasteiger partial charge < -0.3 is 10.4 Å². The Morgan fingerprint density at radius 2 is 2.21 bits per heavy atom. The van der Waals surface area contributed by atoms with Gasteiger partial charge in [0.15, 0.2) is 0 Å². The van der Waals surface area contributed by atoms with E-state index in [1.807, 2.05) is 12.1 Å². The van der Waals surface area contributed by atoms with Crippen molar-refractivity contribution < 1.29 is 9.90 Å². The summed E-state index contributed by atoms with van der Waals surface area (Å²) in [6, 6.07) is 3.95. The van der Waals surface area contributed by atoms with E-state index in [1.54, 1.807) is 12.4 Å². The maximum absolute atomic E-state index is 11.2. The number of hydrogen-bond donors (Lipinski definition) is 2. The summed E-state index contributed by atoms with van der Waals surface area (Å²) in [5, 5.41) is 12.6. The zero-order chi connectivity index (χ0) is 13.9. The molecule has 19 heavy (non-hydrogen) atoms. The minimum absolute atomic E-state index is 0.0722. The fourth-order valence-electron chi connectivity index (χ4n) is 2.49. The molecule has 1 aromatic rings. The molecule has 0 amide bonds. The van der Waals surface area contributed by atoms with E-state index in [-0.39, 0.29) is 11.5 Å². The second kappa shape index (κ2) is 5.67. The summed E-state index contributed by atoms with van der Waals surface area (Å²) >= 11 is 0. The molecule has 1 fully saturated rings. The molecule has 1 saturated heterocycles. The molecule has 1 aliphatic heterocycles. The Morgan fingerprint density at radius 1 is 1.53 bits per heavy atom. The predicted molar refractivity (Wildman–Crippen MR) is 72.7 cm³/mol.